The Labute approximate surface area is 183 Å². The Bertz CT molecular complexity index is 471. The molecule has 8 nitrogen and oxygen atoms in total. The van der Waals surface area contributed by atoms with Crippen LogP contribution < -0.4 is 5.73 Å². The van der Waals surface area contributed by atoms with Crippen LogP contribution in [0.1, 0.15) is 96.8 Å². The highest BCUT2D eigenvalue weighted by Crippen LogP contribution is 2.42. The van der Waals surface area contributed by atoms with Gasteiger partial charge in [0.2, 0.25) is 0 Å². The maximum absolute atomic E-state index is 11.9. The molecule has 0 rings (SSSR count). The summed E-state index contributed by atoms with van der Waals surface area (Å²) in [5, 5.41) is 9.27. The third-order valence-electron chi connectivity index (χ3n) is 4.77. The molecule has 0 aromatic rings. The topological polar surface area (TPSA) is 128 Å². The molecule has 0 saturated heterocycles. The summed E-state index contributed by atoms with van der Waals surface area (Å²) in [6.07, 6.45) is 15.1. The minimum atomic E-state index is -4.31. The van der Waals surface area contributed by atoms with E-state index in [1.165, 1.54) is 64.2 Å². The summed E-state index contributed by atoms with van der Waals surface area (Å²) >= 11 is 0. The van der Waals surface area contributed by atoms with Crippen LogP contribution >= 0.6 is 7.82 Å². The number of aliphatic hydroxyl groups is 1. The Hall–Kier alpha value is -0.500. The SMILES string of the molecule is [2H]NCCOP(=O)(O)OC[C@@H](CO)OC(=O)CCCCCCCCCCCCCCC. The molecule has 1 unspecified atom stereocenters. The zero-order valence-corrected chi connectivity index (χ0v) is 19.6. The van der Waals surface area contributed by atoms with Crippen molar-refractivity contribution >= 4 is 13.8 Å². The van der Waals surface area contributed by atoms with Gasteiger partial charge in [0.25, 0.3) is 0 Å². The molecule has 180 valence electrons. The number of phosphoric acid groups is 1. The summed E-state index contributed by atoms with van der Waals surface area (Å²) in [6.45, 7) is 1.16. The van der Waals surface area contributed by atoms with Gasteiger partial charge in [-0.15, -0.1) is 0 Å². The molecule has 0 aromatic heterocycles. The van der Waals surface area contributed by atoms with Crippen molar-refractivity contribution < 1.29 is 34.6 Å². The summed E-state index contributed by atoms with van der Waals surface area (Å²) < 4.78 is 32.7. The van der Waals surface area contributed by atoms with Gasteiger partial charge < -0.3 is 20.5 Å². The summed E-state index contributed by atoms with van der Waals surface area (Å²) in [7, 11) is -4.31. The Morgan fingerprint density at radius 1 is 0.967 bits per heavy atom. The van der Waals surface area contributed by atoms with Gasteiger partial charge in [-0.2, -0.15) is 0 Å². The summed E-state index contributed by atoms with van der Waals surface area (Å²) in [5.41, 5.74) is 2.02. The van der Waals surface area contributed by atoms with Crippen LogP contribution in [-0.4, -0.2) is 48.4 Å². The Morgan fingerprint density at radius 3 is 2.00 bits per heavy atom. The third-order valence-corrected chi connectivity index (χ3v) is 5.75. The highest BCUT2D eigenvalue weighted by Gasteiger charge is 2.24. The van der Waals surface area contributed by atoms with Crippen molar-refractivity contribution in [2.24, 2.45) is 5.73 Å². The maximum atomic E-state index is 11.9. The van der Waals surface area contributed by atoms with Crippen LogP contribution in [0.4, 0.5) is 0 Å². The molecule has 0 bridgehead atoms. The van der Waals surface area contributed by atoms with Crippen molar-refractivity contribution in [3.8, 4) is 0 Å². The van der Waals surface area contributed by atoms with Gasteiger partial charge in [0.05, 0.1) is 19.8 Å². The van der Waals surface area contributed by atoms with Crippen molar-refractivity contribution in [1.29, 1.82) is 0 Å². The van der Waals surface area contributed by atoms with Crippen LogP contribution in [0.3, 0.4) is 0 Å². The molecule has 0 aromatic carbocycles. The average Bonchev–Trinajstić information content (AvgIpc) is 2.74. The van der Waals surface area contributed by atoms with E-state index in [0.717, 1.165) is 19.3 Å². The van der Waals surface area contributed by atoms with Crippen LogP contribution in [0.5, 0.6) is 0 Å². The van der Waals surface area contributed by atoms with Gasteiger partial charge in [0, 0.05) is 13.0 Å². The lowest BCUT2D eigenvalue weighted by Crippen LogP contribution is -2.27. The molecule has 2 atom stereocenters. The lowest BCUT2D eigenvalue weighted by Gasteiger charge is -2.17. The minimum Gasteiger partial charge on any atom is -0.457 e. The molecule has 0 saturated carbocycles. The molecular formula is C21H44NO7P. The van der Waals surface area contributed by atoms with Crippen molar-refractivity contribution in [3.05, 3.63) is 0 Å². The van der Waals surface area contributed by atoms with E-state index in [2.05, 4.69) is 11.4 Å². The molecular weight excluding hydrogens is 409 g/mol. The largest absolute Gasteiger partial charge is 0.472 e. The fourth-order valence-electron chi connectivity index (χ4n) is 3.03. The van der Waals surface area contributed by atoms with Crippen molar-refractivity contribution in [1.82, 2.24) is 0 Å². The van der Waals surface area contributed by atoms with Gasteiger partial charge in [0.15, 0.2) is 0 Å². The molecule has 0 heterocycles. The number of carbonyl (C=O) groups is 1. The van der Waals surface area contributed by atoms with Crippen LogP contribution in [0.15, 0.2) is 0 Å². The fourth-order valence-corrected chi connectivity index (χ4v) is 3.78. The van der Waals surface area contributed by atoms with Crippen LogP contribution in [0.2, 0.25) is 1.41 Å². The van der Waals surface area contributed by atoms with Gasteiger partial charge in [-0.05, 0) is 6.42 Å². The summed E-state index contributed by atoms with van der Waals surface area (Å²) in [5.74, 6) is -0.460. The van der Waals surface area contributed by atoms with E-state index >= 15 is 0 Å². The minimum absolute atomic E-state index is 0.0610. The number of hydrogen-bond donors (Lipinski definition) is 3. The van der Waals surface area contributed by atoms with E-state index in [1.54, 1.807) is 0 Å². The average molecular weight is 455 g/mol. The number of aliphatic hydroxyl groups excluding tert-OH is 1. The highest BCUT2D eigenvalue weighted by molar-refractivity contribution is 7.47. The quantitative estimate of drug-likeness (QED) is 0.117. The van der Waals surface area contributed by atoms with E-state index in [1.807, 2.05) is 5.73 Å². The normalized spacial score (nSPS) is 14.8. The van der Waals surface area contributed by atoms with Gasteiger partial charge in [-0.1, -0.05) is 84.0 Å². The molecule has 30 heavy (non-hydrogen) atoms. The first kappa shape index (κ1) is 27.5. The summed E-state index contributed by atoms with van der Waals surface area (Å²) in [6, 6.07) is 0. The molecule has 9 heteroatoms. The van der Waals surface area contributed by atoms with Crippen molar-refractivity contribution in [2.45, 2.75) is 103 Å². The number of rotatable bonds is 23. The number of esters is 1. The number of carbonyl (C=O) groups excluding carboxylic acids is 1. The van der Waals surface area contributed by atoms with Crippen LogP contribution in [0, 0.1) is 0 Å². The molecule has 0 aliphatic carbocycles. The van der Waals surface area contributed by atoms with Crippen molar-refractivity contribution in [2.75, 3.05) is 26.4 Å². The van der Waals surface area contributed by atoms with E-state index < -0.39 is 33.1 Å². The van der Waals surface area contributed by atoms with Crippen LogP contribution in [0.25, 0.3) is 0 Å². The Morgan fingerprint density at radius 2 is 1.50 bits per heavy atom. The zero-order chi connectivity index (χ0) is 23.2. The number of ether oxygens (including phenoxy) is 1. The molecule has 0 fully saturated rings. The van der Waals surface area contributed by atoms with Gasteiger partial charge >= 0.3 is 13.8 Å². The van der Waals surface area contributed by atoms with Gasteiger partial charge in [-0.25, -0.2) is 4.57 Å². The number of unbranched alkanes of at least 4 members (excludes halogenated alkanes) is 12. The monoisotopic (exact) mass is 454 g/mol. The third kappa shape index (κ3) is 19.5. The van der Waals surface area contributed by atoms with E-state index in [9.17, 15) is 19.4 Å². The lowest BCUT2D eigenvalue weighted by molar-refractivity contribution is -0.153. The molecule has 0 spiro atoms. The second kappa shape index (κ2) is 20.4. The fraction of sp³-hybridized carbons (Fsp3) is 0.952. The van der Waals surface area contributed by atoms with Gasteiger partial charge in [0.1, 0.15) is 7.52 Å². The Kier molecular flexibility index (Phi) is 18.7. The van der Waals surface area contributed by atoms with E-state index in [0.29, 0.717) is 0 Å². The Balaban J connectivity index is 3.64. The number of phosphoric ester groups is 1. The first-order valence-corrected chi connectivity index (χ1v) is 13.0. The standard InChI is InChI=1S/C21H44NO7P/c1-2-3-4-5-6-7-8-9-10-11-12-13-14-15-21(24)29-20(18-23)19-28-30(25,26)27-17-16-22/h20,23H,2-19,22H2,1H3,(H,25,26)/t20-/m1/s1/i/hD. The van der Waals surface area contributed by atoms with Crippen LogP contribution in [-0.2, 0) is 23.1 Å². The first-order chi connectivity index (χ1) is 14.9. The predicted octanol–water partition coefficient (Wildman–Crippen LogP) is 4.46. The van der Waals surface area contributed by atoms with Crippen molar-refractivity contribution in [3.63, 3.8) is 0 Å². The summed E-state index contributed by atoms with van der Waals surface area (Å²) in [4.78, 5) is 21.3. The first-order valence-electron chi connectivity index (χ1n) is 12.0. The second-order valence-electron chi connectivity index (χ2n) is 7.63. The number of nitrogens with two attached hydrogens (primary N) is 1. The maximum Gasteiger partial charge on any atom is 0.472 e. The van der Waals surface area contributed by atoms with Gasteiger partial charge in [-0.3, -0.25) is 13.8 Å². The second-order valence-corrected chi connectivity index (χ2v) is 9.09. The molecule has 0 amide bonds. The van der Waals surface area contributed by atoms with E-state index in [-0.39, 0.29) is 19.6 Å². The van der Waals surface area contributed by atoms with E-state index in [4.69, 9.17) is 10.7 Å². The molecule has 0 radical (unpaired) electrons. The number of hydrogen-bond acceptors (Lipinski definition) is 7. The molecule has 0 aliphatic heterocycles. The molecule has 4 N–H and O–H groups in total. The lowest BCUT2D eigenvalue weighted by atomic mass is 10.0. The smallest absolute Gasteiger partial charge is 0.457 e. The predicted molar refractivity (Wildman–Crippen MR) is 118 cm³/mol. The highest BCUT2D eigenvalue weighted by atomic mass is 31.2. The zero-order valence-electron chi connectivity index (χ0n) is 19.7. The molecule has 0 aliphatic rings.